The second-order valence-electron chi connectivity index (χ2n) is 5.79. The first kappa shape index (κ1) is 20.5. The molecule has 2 aromatic carbocycles. The highest BCUT2D eigenvalue weighted by molar-refractivity contribution is 7.99. The Hall–Kier alpha value is -1.78. The van der Waals surface area contributed by atoms with E-state index in [-0.39, 0.29) is 0 Å². The third-order valence-electron chi connectivity index (χ3n) is 4.24. The molecule has 0 amide bonds. The monoisotopic (exact) mass is 369 g/mol. The molecule has 2 aliphatic rings. The lowest BCUT2D eigenvalue weighted by Crippen LogP contribution is -2.47. The van der Waals surface area contributed by atoms with Gasteiger partial charge in [-0.2, -0.15) is 0 Å². The summed E-state index contributed by atoms with van der Waals surface area (Å²) in [6.07, 6.45) is 0. The van der Waals surface area contributed by atoms with Gasteiger partial charge in [0, 0.05) is 41.5 Å². The number of hydrogen-bond acceptors (Lipinski definition) is 4. The molecular formula is C22H31N3S. The first-order chi connectivity index (χ1) is 12.8. The van der Waals surface area contributed by atoms with Gasteiger partial charge in [0.2, 0.25) is 0 Å². The summed E-state index contributed by atoms with van der Waals surface area (Å²) in [5.41, 5.74) is 2.34. The minimum atomic E-state index is 1.04. The third-order valence-corrected chi connectivity index (χ3v) is 5.38. The molecule has 0 unspecified atom stereocenters. The molecule has 0 spiro atoms. The first-order valence-corrected chi connectivity index (χ1v) is 10.5. The fourth-order valence-electron chi connectivity index (χ4n) is 2.93. The van der Waals surface area contributed by atoms with Crippen LogP contribution < -0.4 is 0 Å². The van der Waals surface area contributed by atoms with Crippen LogP contribution in [0.3, 0.4) is 0 Å². The summed E-state index contributed by atoms with van der Waals surface area (Å²) < 4.78 is 0. The van der Waals surface area contributed by atoms with Gasteiger partial charge >= 0.3 is 0 Å². The maximum Gasteiger partial charge on any atom is 0.137 e. The topological polar surface area (TPSA) is 18.8 Å². The molecular weight excluding hydrogens is 338 g/mol. The summed E-state index contributed by atoms with van der Waals surface area (Å²) in [6.45, 7) is 12.3. The second kappa shape index (κ2) is 10.4. The van der Waals surface area contributed by atoms with Crippen LogP contribution in [0, 0.1) is 0 Å². The van der Waals surface area contributed by atoms with Crippen LogP contribution in [0.2, 0.25) is 0 Å². The van der Waals surface area contributed by atoms with Gasteiger partial charge in [-0.05, 0) is 25.2 Å². The predicted octanol–water partition coefficient (Wildman–Crippen LogP) is 5.53. The van der Waals surface area contributed by atoms with Gasteiger partial charge in [0.1, 0.15) is 5.84 Å². The maximum atomic E-state index is 5.03. The summed E-state index contributed by atoms with van der Waals surface area (Å²) in [6, 6.07) is 17.1. The van der Waals surface area contributed by atoms with Crippen LogP contribution >= 0.6 is 11.8 Å². The molecule has 26 heavy (non-hydrogen) atoms. The number of fused-ring (bicyclic) bond motifs is 2. The largest absolute Gasteiger partial charge is 0.354 e. The number of piperazine rings is 1. The molecule has 140 valence electrons. The summed E-state index contributed by atoms with van der Waals surface area (Å²) in [5, 5.41) is 0. The average molecular weight is 370 g/mol. The molecule has 0 aromatic heterocycles. The van der Waals surface area contributed by atoms with E-state index in [1.54, 1.807) is 0 Å². The number of nitrogens with zero attached hydrogens (tertiary/aromatic N) is 3. The van der Waals surface area contributed by atoms with Crippen molar-refractivity contribution in [3.05, 3.63) is 54.1 Å². The fraction of sp³-hybridized carbons (Fsp3) is 0.409. The van der Waals surface area contributed by atoms with Crippen LogP contribution in [0.5, 0.6) is 0 Å². The second-order valence-corrected chi connectivity index (χ2v) is 6.88. The lowest BCUT2D eigenvalue weighted by atomic mass is 10.1. The van der Waals surface area contributed by atoms with E-state index in [0.717, 1.165) is 37.7 Å². The van der Waals surface area contributed by atoms with Crippen molar-refractivity contribution in [2.24, 2.45) is 4.99 Å². The van der Waals surface area contributed by atoms with Crippen molar-refractivity contribution in [1.29, 1.82) is 0 Å². The molecule has 1 saturated heterocycles. The average Bonchev–Trinajstić information content (AvgIpc) is 2.88. The number of benzene rings is 2. The van der Waals surface area contributed by atoms with Crippen molar-refractivity contribution in [2.75, 3.05) is 33.2 Å². The highest BCUT2D eigenvalue weighted by Gasteiger charge is 2.23. The van der Waals surface area contributed by atoms with Crippen molar-refractivity contribution in [3.8, 4) is 0 Å². The van der Waals surface area contributed by atoms with Crippen LogP contribution in [0.15, 0.2) is 63.3 Å². The Morgan fingerprint density at radius 1 is 0.769 bits per heavy atom. The number of hydrogen-bond donors (Lipinski definition) is 0. The van der Waals surface area contributed by atoms with Crippen molar-refractivity contribution in [3.63, 3.8) is 0 Å². The Morgan fingerprint density at radius 3 is 2.04 bits per heavy atom. The van der Waals surface area contributed by atoms with Gasteiger partial charge in [0.15, 0.2) is 0 Å². The van der Waals surface area contributed by atoms with Gasteiger partial charge in [0.05, 0.1) is 5.69 Å². The van der Waals surface area contributed by atoms with Crippen LogP contribution in [0.1, 0.15) is 33.3 Å². The van der Waals surface area contributed by atoms with E-state index >= 15 is 0 Å². The Morgan fingerprint density at radius 2 is 1.35 bits per heavy atom. The Kier molecular flexibility index (Phi) is 8.20. The zero-order valence-electron chi connectivity index (χ0n) is 16.7. The lowest BCUT2D eigenvalue weighted by Gasteiger charge is -2.34. The number of para-hydroxylation sites is 1. The molecule has 0 aliphatic carbocycles. The molecule has 0 N–H and O–H groups in total. The van der Waals surface area contributed by atoms with E-state index in [2.05, 4.69) is 65.4 Å². The van der Waals surface area contributed by atoms with Crippen LogP contribution in [0.4, 0.5) is 5.69 Å². The quantitative estimate of drug-likeness (QED) is 0.608. The van der Waals surface area contributed by atoms with E-state index in [1.807, 2.05) is 39.5 Å². The van der Waals surface area contributed by atoms with Crippen LogP contribution in [-0.4, -0.2) is 48.9 Å². The van der Waals surface area contributed by atoms with E-state index in [0.29, 0.717) is 0 Å². The first-order valence-electron chi connectivity index (χ1n) is 9.70. The van der Waals surface area contributed by atoms with E-state index < -0.39 is 0 Å². The zero-order chi connectivity index (χ0) is 18.9. The molecule has 0 bridgehead atoms. The summed E-state index contributed by atoms with van der Waals surface area (Å²) in [5.74, 6) is 1.13. The van der Waals surface area contributed by atoms with E-state index in [1.165, 1.54) is 15.4 Å². The predicted molar refractivity (Wildman–Crippen MR) is 115 cm³/mol. The van der Waals surface area contributed by atoms with Crippen molar-refractivity contribution in [1.82, 2.24) is 9.80 Å². The highest BCUT2D eigenvalue weighted by atomic mass is 32.2. The smallest absolute Gasteiger partial charge is 0.137 e. The number of rotatable bonds is 0. The van der Waals surface area contributed by atoms with Crippen LogP contribution in [-0.2, 0) is 0 Å². The van der Waals surface area contributed by atoms with Gasteiger partial charge in [-0.25, -0.2) is 4.99 Å². The molecule has 3 nitrogen and oxygen atoms in total. The number of likely N-dealkylation sites (N-methyl/N-ethyl adjacent to an activating group) is 1. The molecule has 2 heterocycles. The third kappa shape index (κ3) is 4.68. The molecule has 4 rings (SSSR count). The lowest BCUT2D eigenvalue weighted by molar-refractivity contribution is 0.215. The fourth-order valence-corrected chi connectivity index (χ4v) is 3.95. The van der Waals surface area contributed by atoms with Crippen molar-refractivity contribution >= 4 is 23.3 Å². The van der Waals surface area contributed by atoms with E-state index in [9.17, 15) is 0 Å². The summed E-state index contributed by atoms with van der Waals surface area (Å²) in [7, 11) is 2.19. The van der Waals surface area contributed by atoms with Gasteiger partial charge in [-0.3, -0.25) is 0 Å². The highest BCUT2D eigenvalue weighted by Crippen LogP contribution is 2.40. The van der Waals surface area contributed by atoms with Crippen LogP contribution in [0.25, 0.3) is 0 Å². The van der Waals surface area contributed by atoms with Gasteiger partial charge in [-0.15, -0.1) is 0 Å². The Balaban J connectivity index is 0.000000570. The number of aliphatic imine (C=N–C) groups is 1. The van der Waals surface area contributed by atoms with Crippen molar-refractivity contribution < 1.29 is 0 Å². The molecule has 0 saturated carbocycles. The molecule has 2 aliphatic heterocycles. The number of amidine groups is 1. The van der Waals surface area contributed by atoms with Gasteiger partial charge in [-0.1, -0.05) is 69.8 Å². The van der Waals surface area contributed by atoms with E-state index in [4.69, 9.17) is 4.99 Å². The van der Waals surface area contributed by atoms with Gasteiger partial charge < -0.3 is 9.80 Å². The summed E-state index contributed by atoms with van der Waals surface area (Å²) in [4.78, 5) is 12.4. The Labute approximate surface area is 163 Å². The zero-order valence-corrected chi connectivity index (χ0v) is 17.5. The normalized spacial score (nSPS) is 15.9. The molecule has 4 heteroatoms. The minimum Gasteiger partial charge on any atom is -0.354 e. The SMILES string of the molecule is CC.CC.CN1CCN(C2=Nc3ccccc3Sc3ccccc32)CC1. The summed E-state index contributed by atoms with van der Waals surface area (Å²) >= 11 is 1.82. The molecule has 0 atom stereocenters. The standard InChI is InChI=1S/C18H19N3S.2C2H6/c1-20-10-12-21(13-11-20)18-14-6-2-4-8-16(14)22-17-9-5-3-7-15(17)19-18;2*1-2/h2-9H,10-13H2,1H3;2*1-2H3. The molecule has 0 radical (unpaired) electrons. The van der Waals surface area contributed by atoms with Gasteiger partial charge in [0.25, 0.3) is 0 Å². The Bertz CT molecular complexity index is 719. The van der Waals surface area contributed by atoms with Crippen molar-refractivity contribution in [2.45, 2.75) is 37.5 Å². The molecule has 1 fully saturated rings. The minimum absolute atomic E-state index is 1.04. The molecule has 2 aromatic rings. The maximum absolute atomic E-state index is 5.03.